The smallest absolute Gasteiger partial charge is 0.337 e. The van der Waals surface area contributed by atoms with Crippen molar-refractivity contribution >= 4 is 5.97 Å². The van der Waals surface area contributed by atoms with Crippen molar-refractivity contribution in [3.05, 3.63) is 34.9 Å². The SMILES string of the molecule is CCCC(O)c1ccc(C(=O)OC)cc1C. The van der Waals surface area contributed by atoms with Crippen molar-refractivity contribution in [2.24, 2.45) is 0 Å². The van der Waals surface area contributed by atoms with Gasteiger partial charge in [-0.1, -0.05) is 19.4 Å². The summed E-state index contributed by atoms with van der Waals surface area (Å²) < 4.78 is 4.64. The van der Waals surface area contributed by atoms with Crippen molar-refractivity contribution in [2.45, 2.75) is 32.8 Å². The highest BCUT2D eigenvalue weighted by molar-refractivity contribution is 5.89. The molecule has 0 saturated heterocycles. The molecule has 1 N–H and O–H groups in total. The molecular weight excluding hydrogens is 204 g/mol. The van der Waals surface area contributed by atoms with Crippen molar-refractivity contribution in [3.8, 4) is 0 Å². The molecule has 16 heavy (non-hydrogen) atoms. The average molecular weight is 222 g/mol. The van der Waals surface area contributed by atoms with Gasteiger partial charge in [-0.2, -0.15) is 0 Å². The van der Waals surface area contributed by atoms with Crippen LogP contribution < -0.4 is 0 Å². The van der Waals surface area contributed by atoms with E-state index in [0.29, 0.717) is 5.56 Å². The fourth-order valence-electron chi connectivity index (χ4n) is 1.72. The van der Waals surface area contributed by atoms with Gasteiger partial charge in [0, 0.05) is 0 Å². The Labute approximate surface area is 96.1 Å². The molecule has 0 fully saturated rings. The summed E-state index contributed by atoms with van der Waals surface area (Å²) in [5, 5.41) is 9.87. The zero-order valence-electron chi connectivity index (χ0n) is 9.99. The normalized spacial score (nSPS) is 12.2. The molecule has 1 aromatic rings. The number of aryl methyl sites for hydroxylation is 1. The number of methoxy groups -OCH3 is 1. The molecule has 1 rings (SSSR count). The third kappa shape index (κ3) is 2.83. The first-order valence-corrected chi connectivity index (χ1v) is 5.47. The number of hydrogen-bond acceptors (Lipinski definition) is 3. The van der Waals surface area contributed by atoms with Gasteiger partial charge in [-0.15, -0.1) is 0 Å². The lowest BCUT2D eigenvalue weighted by Crippen LogP contribution is -2.05. The highest BCUT2D eigenvalue weighted by Gasteiger charge is 2.12. The molecule has 3 heteroatoms. The Morgan fingerprint density at radius 2 is 2.19 bits per heavy atom. The molecule has 0 radical (unpaired) electrons. The van der Waals surface area contributed by atoms with Crippen molar-refractivity contribution in [3.63, 3.8) is 0 Å². The molecule has 0 aliphatic carbocycles. The van der Waals surface area contributed by atoms with Crippen LogP contribution in [0, 0.1) is 6.92 Å². The molecule has 0 saturated carbocycles. The molecule has 0 bridgehead atoms. The maximum absolute atomic E-state index is 11.3. The summed E-state index contributed by atoms with van der Waals surface area (Å²) in [6.07, 6.45) is 1.22. The number of carbonyl (C=O) groups excluding carboxylic acids is 1. The van der Waals surface area contributed by atoms with Crippen LogP contribution in [0.4, 0.5) is 0 Å². The Morgan fingerprint density at radius 3 is 2.69 bits per heavy atom. The van der Waals surface area contributed by atoms with E-state index in [9.17, 15) is 9.90 Å². The summed E-state index contributed by atoms with van der Waals surface area (Å²) in [5.41, 5.74) is 2.32. The molecule has 1 aromatic carbocycles. The molecule has 0 heterocycles. The first kappa shape index (κ1) is 12.7. The van der Waals surface area contributed by atoms with Crippen LogP contribution in [0.15, 0.2) is 18.2 Å². The lowest BCUT2D eigenvalue weighted by atomic mass is 9.98. The minimum atomic E-state index is -0.448. The van der Waals surface area contributed by atoms with Crippen LogP contribution in [0.3, 0.4) is 0 Å². The second kappa shape index (κ2) is 5.66. The molecule has 88 valence electrons. The van der Waals surface area contributed by atoms with Gasteiger partial charge < -0.3 is 9.84 Å². The van der Waals surface area contributed by atoms with Gasteiger partial charge in [-0.25, -0.2) is 4.79 Å². The lowest BCUT2D eigenvalue weighted by molar-refractivity contribution is 0.0600. The van der Waals surface area contributed by atoms with E-state index in [1.54, 1.807) is 18.2 Å². The van der Waals surface area contributed by atoms with E-state index in [2.05, 4.69) is 4.74 Å². The lowest BCUT2D eigenvalue weighted by Gasteiger charge is -2.13. The highest BCUT2D eigenvalue weighted by Crippen LogP contribution is 2.22. The molecular formula is C13H18O3. The van der Waals surface area contributed by atoms with Crippen molar-refractivity contribution < 1.29 is 14.6 Å². The fraction of sp³-hybridized carbons (Fsp3) is 0.462. The van der Waals surface area contributed by atoms with Gasteiger partial charge in [0.1, 0.15) is 0 Å². The van der Waals surface area contributed by atoms with Gasteiger partial charge in [0.2, 0.25) is 0 Å². The van der Waals surface area contributed by atoms with Crippen LogP contribution in [-0.4, -0.2) is 18.2 Å². The van der Waals surface area contributed by atoms with Crippen molar-refractivity contribution in [1.29, 1.82) is 0 Å². The van der Waals surface area contributed by atoms with E-state index in [1.165, 1.54) is 7.11 Å². The maximum Gasteiger partial charge on any atom is 0.337 e. The first-order chi connectivity index (χ1) is 7.60. The topological polar surface area (TPSA) is 46.5 Å². The molecule has 0 aromatic heterocycles. The predicted octanol–water partition coefficient (Wildman–Crippen LogP) is 2.62. The molecule has 0 spiro atoms. The number of esters is 1. The predicted molar refractivity (Wildman–Crippen MR) is 62.4 cm³/mol. The average Bonchev–Trinajstić information content (AvgIpc) is 2.28. The van der Waals surface area contributed by atoms with Crippen LogP contribution in [0.1, 0.15) is 47.4 Å². The van der Waals surface area contributed by atoms with E-state index in [4.69, 9.17) is 0 Å². The number of ether oxygens (including phenoxy) is 1. The monoisotopic (exact) mass is 222 g/mol. The van der Waals surface area contributed by atoms with Crippen molar-refractivity contribution in [1.82, 2.24) is 0 Å². The van der Waals surface area contributed by atoms with Gasteiger partial charge in [0.15, 0.2) is 0 Å². The number of carbonyl (C=O) groups is 1. The second-order valence-electron chi connectivity index (χ2n) is 3.87. The van der Waals surface area contributed by atoms with Crippen LogP contribution >= 0.6 is 0 Å². The number of hydrogen-bond donors (Lipinski definition) is 1. The van der Waals surface area contributed by atoms with Crippen LogP contribution in [-0.2, 0) is 4.74 Å². The summed E-state index contributed by atoms with van der Waals surface area (Å²) in [6, 6.07) is 5.23. The maximum atomic E-state index is 11.3. The summed E-state index contributed by atoms with van der Waals surface area (Å²) >= 11 is 0. The standard InChI is InChI=1S/C13H18O3/c1-4-5-12(14)11-7-6-10(8-9(11)2)13(15)16-3/h6-8,12,14H,4-5H2,1-3H3. The fourth-order valence-corrected chi connectivity index (χ4v) is 1.72. The molecule has 3 nitrogen and oxygen atoms in total. The van der Waals surface area contributed by atoms with E-state index in [0.717, 1.165) is 24.0 Å². The van der Waals surface area contributed by atoms with Gasteiger partial charge in [0.25, 0.3) is 0 Å². The van der Waals surface area contributed by atoms with E-state index < -0.39 is 6.10 Å². The number of aliphatic hydroxyl groups excluding tert-OH is 1. The third-order valence-electron chi connectivity index (χ3n) is 2.61. The summed E-state index contributed by atoms with van der Waals surface area (Å²) in [4.78, 5) is 11.3. The highest BCUT2D eigenvalue weighted by atomic mass is 16.5. The number of benzene rings is 1. The third-order valence-corrected chi connectivity index (χ3v) is 2.61. The van der Waals surface area contributed by atoms with Crippen LogP contribution in [0.25, 0.3) is 0 Å². The minimum Gasteiger partial charge on any atom is -0.465 e. The first-order valence-electron chi connectivity index (χ1n) is 5.47. The van der Waals surface area contributed by atoms with Crippen molar-refractivity contribution in [2.75, 3.05) is 7.11 Å². The largest absolute Gasteiger partial charge is 0.465 e. The summed E-state index contributed by atoms with van der Waals surface area (Å²) in [6.45, 7) is 3.92. The van der Waals surface area contributed by atoms with E-state index in [1.807, 2.05) is 13.8 Å². The zero-order valence-corrected chi connectivity index (χ0v) is 9.99. The Morgan fingerprint density at radius 1 is 1.50 bits per heavy atom. The molecule has 1 atom stereocenters. The minimum absolute atomic E-state index is 0.348. The Balaban J connectivity index is 2.95. The summed E-state index contributed by atoms with van der Waals surface area (Å²) in [7, 11) is 1.36. The summed E-state index contributed by atoms with van der Waals surface area (Å²) in [5.74, 6) is -0.348. The van der Waals surface area contributed by atoms with E-state index >= 15 is 0 Å². The molecule has 1 unspecified atom stereocenters. The quantitative estimate of drug-likeness (QED) is 0.796. The van der Waals surface area contributed by atoms with Gasteiger partial charge in [0.05, 0.1) is 18.8 Å². The Kier molecular flexibility index (Phi) is 4.50. The second-order valence-corrected chi connectivity index (χ2v) is 3.87. The van der Waals surface area contributed by atoms with E-state index in [-0.39, 0.29) is 5.97 Å². The van der Waals surface area contributed by atoms with Gasteiger partial charge >= 0.3 is 5.97 Å². The Bertz CT molecular complexity index is 371. The molecule has 0 aliphatic heterocycles. The number of rotatable bonds is 4. The zero-order chi connectivity index (χ0) is 12.1. The molecule has 0 amide bonds. The number of aliphatic hydroxyl groups is 1. The van der Waals surface area contributed by atoms with Gasteiger partial charge in [-0.3, -0.25) is 0 Å². The molecule has 0 aliphatic rings. The van der Waals surface area contributed by atoms with Gasteiger partial charge in [-0.05, 0) is 36.6 Å². The Hall–Kier alpha value is -1.35. The van der Waals surface area contributed by atoms with Crippen LogP contribution in [0.2, 0.25) is 0 Å². The van der Waals surface area contributed by atoms with Crippen LogP contribution in [0.5, 0.6) is 0 Å².